The van der Waals surface area contributed by atoms with Gasteiger partial charge in [-0.25, -0.2) is 4.98 Å². The standard InChI is InChI=1S/C26H28N2Si/c1-3-22-10-8-14-25(18-22)29(21-28-17-16-27-20-28,24-12-6-5-7-13-24)26-15-9-11-23(4-2)19-26/h5-20H,3-4,21H2,1-2H3. The van der Waals surface area contributed by atoms with Crippen molar-refractivity contribution in [1.29, 1.82) is 0 Å². The van der Waals surface area contributed by atoms with E-state index in [1.165, 1.54) is 26.7 Å². The molecule has 146 valence electrons. The molecule has 0 N–H and O–H groups in total. The van der Waals surface area contributed by atoms with Crippen LogP contribution >= 0.6 is 0 Å². The maximum atomic E-state index is 4.34. The predicted molar refractivity (Wildman–Crippen MR) is 125 cm³/mol. The van der Waals surface area contributed by atoms with Crippen LogP contribution in [0.1, 0.15) is 25.0 Å². The summed E-state index contributed by atoms with van der Waals surface area (Å²) in [5.74, 6) is 0. The molecule has 3 heteroatoms. The van der Waals surface area contributed by atoms with E-state index in [1.54, 1.807) is 0 Å². The molecule has 3 aromatic carbocycles. The van der Waals surface area contributed by atoms with Crippen molar-refractivity contribution in [3.8, 4) is 0 Å². The molecule has 0 aliphatic carbocycles. The van der Waals surface area contributed by atoms with Crippen LogP contribution in [0.2, 0.25) is 0 Å². The average Bonchev–Trinajstić information content (AvgIpc) is 3.31. The van der Waals surface area contributed by atoms with E-state index in [9.17, 15) is 0 Å². The van der Waals surface area contributed by atoms with E-state index in [4.69, 9.17) is 0 Å². The number of hydrogen-bond acceptors (Lipinski definition) is 1. The zero-order valence-corrected chi connectivity index (χ0v) is 18.3. The van der Waals surface area contributed by atoms with Gasteiger partial charge in [-0.2, -0.15) is 0 Å². The van der Waals surface area contributed by atoms with Gasteiger partial charge in [-0.1, -0.05) is 92.7 Å². The van der Waals surface area contributed by atoms with Gasteiger partial charge in [0.15, 0.2) is 8.07 Å². The highest BCUT2D eigenvalue weighted by Crippen LogP contribution is 2.14. The zero-order valence-electron chi connectivity index (χ0n) is 17.3. The third-order valence-electron chi connectivity index (χ3n) is 5.90. The highest BCUT2D eigenvalue weighted by molar-refractivity contribution is 7.10. The second-order valence-electron chi connectivity index (χ2n) is 7.61. The van der Waals surface area contributed by atoms with Crippen LogP contribution in [-0.4, -0.2) is 17.6 Å². The fraction of sp³-hybridized carbons (Fsp3) is 0.192. The lowest BCUT2D eigenvalue weighted by Crippen LogP contribution is -2.69. The van der Waals surface area contributed by atoms with E-state index in [0.29, 0.717) is 0 Å². The van der Waals surface area contributed by atoms with Crippen LogP contribution in [0.5, 0.6) is 0 Å². The highest BCUT2D eigenvalue weighted by Gasteiger charge is 2.40. The minimum Gasteiger partial charge on any atom is -0.339 e. The molecular formula is C26H28N2Si. The number of hydrogen-bond donors (Lipinski definition) is 0. The molecule has 0 unspecified atom stereocenters. The summed E-state index contributed by atoms with van der Waals surface area (Å²) in [5.41, 5.74) is 2.79. The van der Waals surface area contributed by atoms with Crippen molar-refractivity contribution < 1.29 is 0 Å². The van der Waals surface area contributed by atoms with Crippen LogP contribution in [0.4, 0.5) is 0 Å². The summed E-state index contributed by atoms with van der Waals surface area (Å²) in [6, 6.07) is 29.6. The Morgan fingerprint density at radius 1 is 0.724 bits per heavy atom. The number of aryl methyl sites for hydroxylation is 2. The number of benzene rings is 3. The lowest BCUT2D eigenvalue weighted by Gasteiger charge is -2.34. The molecule has 0 bridgehead atoms. The predicted octanol–water partition coefficient (Wildman–Crippen LogP) is 3.72. The monoisotopic (exact) mass is 396 g/mol. The first-order chi connectivity index (χ1) is 14.3. The van der Waals surface area contributed by atoms with E-state index < -0.39 is 8.07 Å². The largest absolute Gasteiger partial charge is 0.339 e. The SMILES string of the molecule is CCc1cccc([Si](Cn2ccnc2)(c2ccccc2)c2cccc(CC)c2)c1. The lowest BCUT2D eigenvalue weighted by molar-refractivity contribution is 0.861. The summed E-state index contributed by atoms with van der Waals surface area (Å²) in [6.45, 7) is 4.47. The second-order valence-corrected chi connectivity index (χ2v) is 11.5. The molecule has 0 saturated heterocycles. The van der Waals surface area contributed by atoms with Gasteiger partial charge in [0.1, 0.15) is 0 Å². The van der Waals surface area contributed by atoms with Crippen molar-refractivity contribution in [3.63, 3.8) is 0 Å². The van der Waals surface area contributed by atoms with Crippen molar-refractivity contribution >= 4 is 23.6 Å². The van der Waals surface area contributed by atoms with Crippen LogP contribution in [0.15, 0.2) is 97.6 Å². The minimum absolute atomic E-state index is 0.942. The molecule has 29 heavy (non-hydrogen) atoms. The first-order valence-corrected chi connectivity index (χ1v) is 12.7. The summed E-state index contributed by atoms with van der Waals surface area (Å²) in [7, 11) is -2.30. The Morgan fingerprint density at radius 2 is 1.31 bits per heavy atom. The average molecular weight is 397 g/mol. The summed E-state index contributed by atoms with van der Waals surface area (Å²) in [6.07, 6.45) is 8.98. The van der Waals surface area contributed by atoms with Crippen LogP contribution < -0.4 is 15.6 Å². The number of rotatable bonds is 7. The molecule has 0 radical (unpaired) electrons. The van der Waals surface area contributed by atoms with Gasteiger partial charge in [-0.15, -0.1) is 0 Å². The van der Waals surface area contributed by atoms with E-state index in [2.05, 4.69) is 108 Å². The van der Waals surface area contributed by atoms with E-state index in [-0.39, 0.29) is 0 Å². The molecule has 1 heterocycles. The molecule has 0 aliphatic rings. The van der Waals surface area contributed by atoms with Crippen molar-refractivity contribution in [2.24, 2.45) is 0 Å². The third kappa shape index (κ3) is 3.83. The third-order valence-corrected chi connectivity index (χ3v) is 10.7. The Balaban J connectivity index is 2.03. The summed E-state index contributed by atoms with van der Waals surface area (Å²) in [5, 5.41) is 4.37. The number of imidazole rings is 1. The summed E-state index contributed by atoms with van der Waals surface area (Å²) in [4.78, 5) is 4.34. The van der Waals surface area contributed by atoms with Gasteiger partial charge in [0, 0.05) is 18.6 Å². The normalized spacial score (nSPS) is 11.5. The van der Waals surface area contributed by atoms with Gasteiger partial charge in [0.25, 0.3) is 0 Å². The van der Waals surface area contributed by atoms with Gasteiger partial charge in [-0.05, 0) is 39.5 Å². The van der Waals surface area contributed by atoms with Gasteiger partial charge < -0.3 is 4.57 Å². The van der Waals surface area contributed by atoms with Gasteiger partial charge >= 0.3 is 0 Å². The maximum absolute atomic E-state index is 4.34. The first-order valence-electron chi connectivity index (χ1n) is 10.5. The molecular weight excluding hydrogens is 368 g/mol. The Hall–Kier alpha value is -2.91. The van der Waals surface area contributed by atoms with Crippen molar-refractivity contribution in [2.75, 3.05) is 0 Å². The Labute approximate surface area is 174 Å². The molecule has 4 rings (SSSR count). The van der Waals surface area contributed by atoms with Crippen molar-refractivity contribution in [3.05, 3.63) is 109 Å². The molecule has 4 aromatic rings. The van der Waals surface area contributed by atoms with E-state index in [0.717, 1.165) is 19.0 Å². The van der Waals surface area contributed by atoms with Crippen LogP contribution in [0.25, 0.3) is 0 Å². The van der Waals surface area contributed by atoms with Gasteiger partial charge in [0.2, 0.25) is 0 Å². The fourth-order valence-electron chi connectivity index (χ4n) is 4.26. The van der Waals surface area contributed by atoms with Crippen molar-refractivity contribution in [1.82, 2.24) is 9.55 Å². The smallest absolute Gasteiger partial charge is 0.168 e. The molecule has 0 fully saturated rings. The van der Waals surface area contributed by atoms with Crippen LogP contribution in [0.3, 0.4) is 0 Å². The van der Waals surface area contributed by atoms with Crippen LogP contribution in [-0.2, 0) is 19.0 Å². The van der Waals surface area contributed by atoms with E-state index in [1.807, 2.05) is 12.5 Å². The Morgan fingerprint density at radius 3 is 1.83 bits per heavy atom. The van der Waals surface area contributed by atoms with Crippen molar-refractivity contribution in [2.45, 2.75) is 32.9 Å². The fourth-order valence-corrected chi connectivity index (χ4v) is 8.93. The molecule has 0 spiro atoms. The Kier molecular flexibility index (Phi) is 5.77. The molecule has 0 saturated carbocycles. The van der Waals surface area contributed by atoms with E-state index >= 15 is 0 Å². The van der Waals surface area contributed by atoms with Crippen LogP contribution in [0, 0.1) is 0 Å². The number of nitrogens with zero attached hydrogens (tertiary/aromatic N) is 2. The minimum atomic E-state index is -2.30. The quantitative estimate of drug-likeness (QED) is 0.344. The molecule has 2 nitrogen and oxygen atoms in total. The summed E-state index contributed by atoms with van der Waals surface area (Å²) >= 11 is 0. The van der Waals surface area contributed by atoms with Gasteiger partial charge in [-0.3, -0.25) is 0 Å². The van der Waals surface area contributed by atoms with Gasteiger partial charge in [0.05, 0.1) is 6.33 Å². The lowest BCUT2D eigenvalue weighted by atomic mass is 10.2. The molecule has 1 aromatic heterocycles. The molecule has 0 aliphatic heterocycles. The molecule has 0 atom stereocenters. The number of aromatic nitrogens is 2. The maximum Gasteiger partial charge on any atom is 0.168 e. The molecule has 0 amide bonds. The zero-order chi connectivity index (χ0) is 20.1. The topological polar surface area (TPSA) is 17.8 Å². The first kappa shape index (κ1) is 19.4. The second kappa shape index (κ2) is 8.62. The highest BCUT2D eigenvalue weighted by atomic mass is 28.3. The summed E-state index contributed by atoms with van der Waals surface area (Å²) < 4.78 is 2.26. The Bertz CT molecular complexity index is 1010.